The molecule has 0 saturated carbocycles. The first-order chi connectivity index (χ1) is 14.3. The van der Waals surface area contributed by atoms with E-state index in [0.29, 0.717) is 23.7 Å². The number of amides is 1. The molecule has 1 N–H and O–H groups in total. The summed E-state index contributed by atoms with van der Waals surface area (Å²) in [4.78, 5) is 34.7. The normalized spacial score (nSPS) is 10.2. The molecule has 1 amide bonds. The van der Waals surface area contributed by atoms with E-state index in [1.807, 2.05) is 6.92 Å². The fourth-order valence-corrected chi connectivity index (χ4v) is 2.51. The number of rotatable bonds is 10. The van der Waals surface area contributed by atoms with Gasteiger partial charge in [0, 0.05) is 6.07 Å². The highest BCUT2D eigenvalue weighted by molar-refractivity contribution is 5.96. The van der Waals surface area contributed by atoms with Gasteiger partial charge in [0.2, 0.25) is 0 Å². The summed E-state index contributed by atoms with van der Waals surface area (Å²) in [6, 6.07) is 9.82. The smallest absolute Gasteiger partial charge is 0.344 e. The molecule has 2 aromatic rings. The summed E-state index contributed by atoms with van der Waals surface area (Å²) in [5.41, 5.74) is 1.20. The van der Waals surface area contributed by atoms with Gasteiger partial charge < -0.3 is 19.5 Å². The van der Waals surface area contributed by atoms with Gasteiger partial charge in [0.1, 0.15) is 5.69 Å². The van der Waals surface area contributed by atoms with Gasteiger partial charge in [-0.05, 0) is 43.5 Å². The predicted octanol–water partition coefficient (Wildman–Crippen LogP) is 3.56. The van der Waals surface area contributed by atoms with Gasteiger partial charge in [-0.25, -0.2) is 4.79 Å². The zero-order valence-corrected chi connectivity index (χ0v) is 17.1. The van der Waals surface area contributed by atoms with E-state index in [0.717, 1.165) is 12.0 Å². The molecule has 0 aromatic heterocycles. The van der Waals surface area contributed by atoms with Crippen LogP contribution < -0.4 is 14.8 Å². The van der Waals surface area contributed by atoms with Crippen LogP contribution in [0.25, 0.3) is 0 Å². The van der Waals surface area contributed by atoms with E-state index in [4.69, 9.17) is 14.2 Å². The number of para-hydroxylation sites is 2. The molecule has 0 unspecified atom stereocenters. The molecule has 0 radical (unpaired) electrons. The van der Waals surface area contributed by atoms with E-state index in [-0.39, 0.29) is 11.4 Å². The molecule has 2 aromatic carbocycles. The summed E-state index contributed by atoms with van der Waals surface area (Å²) < 4.78 is 15.9. The molecular weight excluding hydrogens is 392 g/mol. The number of carbonyl (C=O) groups is 2. The molecule has 0 bridgehead atoms. The average molecular weight is 416 g/mol. The highest BCUT2D eigenvalue weighted by atomic mass is 16.6. The van der Waals surface area contributed by atoms with E-state index < -0.39 is 30.0 Å². The first-order valence-electron chi connectivity index (χ1n) is 9.38. The van der Waals surface area contributed by atoms with Crippen molar-refractivity contribution < 1.29 is 28.7 Å². The summed E-state index contributed by atoms with van der Waals surface area (Å²) in [6.07, 6.45) is 0.823. The van der Waals surface area contributed by atoms with Crippen molar-refractivity contribution in [3.63, 3.8) is 0 Å². The number of carbonyl (C=O) groups excluding carboxylic acids is 2. The van der Waals surface area contributed by atoms with Gasteiger partial charge >= 0.3 is 5.97 Å². The van der Waals surface area contributed by atoms with Crippen molar-refractivity contribution in [3.05, 3.63) is 57.6 Å². The Morgan fingerprint density at radius 3 is 2.33 bits per heavy atom. The summed E-state index contributed by atoms with van der Waals surface area (Å²) in [7, 11) is 0. The Labute approximate surface area is 174 Å². The Morgan fingerprint density at radius 1 is 1.03 bits per heavy atom. The highest BCUT2D eigenvalue weighted by Crippen LogP contribution is 2.30. The third kappa shape index (κ3) is 6.20. The molecule has 0 aliphatic heterocycles. The van der Waals surface area contributed by atoms with Crippen LogP contribution in [0.5, 0.6) is 11.5 Å². The van der Waals surface area contributed by atoms with Crippen LogP contribution in [0.4, 0.5) is 11.4 Å². The van der Waals surface area contributed by atoms with Crippen LogP contribution in [-0.2, 0) is 14.3 Å². The molecule has 0 spiro atoms. The van der Waals surface area contributed by atoms with Crippen LogP contribution in [0.15, 0.2) is 36.4 Å². The van der Waals surface area contributed by atoms with Gasteiger partial charge in [0.25, 0.3) is 11.6 Å². The number of esters is 1. The molecule has 2 rings (SSSR count). The van der Waals surface area contributed by atoms with Crippen LogP contribution in [0.1, 0.15) is 24.5 Å². The maximum atomic E-state index is 12.1. The van der Waals surface area contributed by atoms with Crippen molar-refractivity contribution in [2.75, 3.05) is 25.1 Å². The monoisotopic (exact) mass is 416 g/mol. The molecule has 160 valence electrons. The quantitative estimate of drug-likeness (QED) is 0.357. The van der Waals surface area contributed by atoms with Crippen molar-refractivity contribution in [1.82, 2.24) is 0 Å². The number of nitrogens with zero attached hydrogens (tertiary/aromatic N) is 1. The second kappa shape index (κ2) is 10.8. The van der Waals surface area contributed by atoms with Crippen molar-refractivity contribution >= 4 is 23.3 Å². The number of aryl methyl sites for hydroxylation is 1. The molecule has 9 heteroatoms. The Bertz CT molecular complexity index is 928. The van der Waals surface area contributed by atoms with Gasteiger partial charge in [-0.3, -0.25) is 14.9 Å². The standard InChI is InChI=1S/C21H24N2O7/c1-4-11-28-17-7-5-6-8-18(17)29-13-20(25)30-12-19(24)22-21-15(3)14(2)9-10-16(21)23(26)27/h5-10H,4,11-13H2,1-3H3,(H,22,24). The minimum atomic E-state index is -0.758. The lowest BCUT2D eigenvalue weighted by Gasteiger charge is -2.13. The van der Waals surface area contributed by atoms with Crippen molar-refractivity contribution in [3.8, 4) is 11.5 Å². The topological polar surface area (TPSA) is 117 Å². The molecule has 30 heavy (non-hydrogen) atoms. The zero-order valence-electron chi connectivity index (χ0n) is 17.1. The maximum Gasteiger partial charge on any atom is 0.344 e. The lowest BCUT2D eigenvalue weighted by molar-refractivity contribution is -0.384. The number of anilines is 1. The second-order valence-corrected chi connectivity index (χ2v) is 6.45. The lowest BCUT2D eigenvalue weighted by Crippen LogP contribution is -2.24. The van der Waals surface area contributed by atoms with Crippen molar-refractivity contribution in [2.45, 2.75) is 27.2 Å². The Morgan fingerprint density at radius 2 is 1.70 bits per heavy atom. The molecule has 0 fully saturated rings. The van der Waals surface area contributed by atoms with Gasteiger partial charge in [0.15, 0.2) is 24.7 Å². The van der Waals surface area contributed by atoms with E-state index >= 15 is 0 Å². The van der Waals surface area contributed by atoms with Crippen LogP contribution >= 0.6 is 0 Å². The number of nitrogens with one attached hydrogen (secondary N) is 1. The average Bonchev–Trinajstić information content (AvgIpc) is 2.73. The summed E-state index contributed by atoms with van der Waals surface area (Å²) in [5.74, 6) is -0.553. The fraction of sp³-hybridized carbons (Fsp3) is 0.333. The van der Waals surface area contributed by atoms with E-state index in [9.17, 15) is 19.7 Å². The van der Waals surface area contributed by atoms with E-state index in [1.54, 1.807) is 44.2 Å². The van der Waals surface area contributed by atoms with Gasteiger partial charge in [-0.15, -0.1) is 0 Å². The number of hydrogen-bond acceptors (Lipinski definition) is 7. The molecule has 0 saturated heterocycles. The van der Waals surface area contributed by atoms with Crippen molar-refractivity contribution in [1.29, 1.82) is 0 Å². The second-order valence-electron chi connectivity index (χ2n) is 6.45. The molecule has 0 aliphatic rings. The first-order valence-corrected chi connectivity index (χ1v) is 9.38. The zero-order chi connectivity index (χ0) is 22.1. The molecule has 0 atom stereocenters. The van der Waals surface area contributed by atoms with Crippen molar-refractivity contribution in [2.24, 2.45) is 0 Å². The lowest BCUT2D eigenvalue weighted by atomic mass is 10.1. The maximum absolute atomic E-state index is 12.1. The van der Waals surface area contributed by atoms with Gasteiger partial charge in [0.05, 0.1) is 11.5 Å². The summed E-state index contributed by atoms with van der Waals surface area (Å²) in [5, 5.41) is 13.6. The number of hydrogen-bond donors (Lipinski definition) is 1. The van der Waals surface area contributed by atoms with Crippen LogP contribution in [0.2, 0.25) is 0 Å². The van der Waals surface area contributed by atoms with Gasteiger partial charge in [-0.1, -0.05) is 25.1 Å². The minimum Gasteiger partial charge on any atom is -0.490 e. The van der Waals surface area contributed by atoms with Gasteiger partial charge in [-0.2, -0.15) is 0 Å². The Balaban J connectivity index is 1.90. The fourth-order valence-electron chi connectivity index (χ4n) is 2.51. The molecule has 0 heterocycles. The molecular formula is C21H24N2O7. The summed E-state index contributed by atoms with van der Waals surface area (Å²) >= 11 is 0. The largest absolute Gasteiger partial charge is 0.490 e. The highest BCUT2D eigenvalue weighted by Gasteiger charge is 2.20. The number of ether oxygens (including phenoxy) is 3. The Kier molecular flexibility index (Phi) is 8.16. The third-order valence-electron chi connectivity index (χ3n) is 4.20. The SMILES string of the molecule is CCCOc1ccccc1OCC(=O)OCC(=O)Nc1c([N+](=O)[O-])ccc(C)c1C. The minimum absolute atomic E-state index is 0.0827. The predicted molar refractivity (Wildman–Crippen MR) is 110 cm³/mol. The van der Waals surface area contributed by atoms with E-state index in [1.165, 1.54) is 6.07 Å². The number of benzene rings is 2. The molecule has 0 aliphatic carbocycles. The number of nitro groups is 1. The van der Waals surface area contributed by atoms with Crippen LogP contribution in [-0.4, -0.2) is 36.6 Å². The Hall–Kier alpha value is -3.62. The van der Waals surface area contributed by atoms with Crippen LogP contribution in [0, 0.1) is 24.0 Å². The first kappa shape index (κ1) is 22.7. The third-order valence-corrected chi connectivity index (χ3v) is 4.20. The van der Waals surface area contributed by atoms with Crippen LogP contribution in [0.3, 0.4) is 0 Å². The number of nitro benzene ring substituents is 1. The molecule has 9 nitrogen and oxygen atoms in total. The summed E-state index contributed by atoms with van der Waals surface area (Å²) in [6.45, 7) is 4.91. The van der Waals surface area contributed by atoms with E-state index in [2.05, 4.69) is 5.32 Å².